The Morgan fingerprint density at radius 1 is 1.44 bits per heavy atom. The molecule has 0 aliphatic rings. The number of benzene rings is 1. The smallest absolute Gasteiger partial charge is 0.146 e. The standard InChI is InChI=1S/C17H19BrClN3O2S/c1-10(16(25)22-17(2,3)9-21-23-4)24-13-6-11-5-12(18)8-20-15(11)14(19)7-13/h5-10H,1-4H3,(H,22,25). The predicted octanol–water partition coefficient (Wildman–Crippen LogP) is 4.75. The van der Waals surface area contributed by atoms with Crippen LogP contribution in [0.15, 0.2) is 34.0 Å². The van der Waals surface area contributed by atoms with Crippen molar-refractivity contribution in [3.63, 3.8) is 0 Å². The zero-order chi connectivity index (χ0) is 18.6. The number of ether oxygens (including phenoxy) is 1. The Morgan fingerprint density at radius 3 is 2.84 bits per heavy atom. The maximum Gasteiger partial charge on any atom is 0.146 e. The third-order valence-electron chi connectivity index (χ3n) is 3.29. The van der Waals surface area contributed by atoms with E-state index in [2.05, 4.69) is 31.4 Å². The average molecular weight is 445 g/mol. The number of nitrogens with one attached hydrogen (secondary N) is 1. The van der Waals surface area contributed by atoms with Crippen LogP contribution < -0.4 is 10.1 Å². The minimum Gasteiger partial charge on any atom is -0.484 e. The molecule has 0 bridgehead atoms. The van der Waals surface area contributed by atoms with Crippen LogP contribution in [-0.2, 0) is 4.84 Å². The van der Waals surface area contributed by atoms with Gasteiger partial charge in [0.2, 0.25) is 0 Å². The average Bonchev–Trinajstić information content (AvgIpc) is 2.52. The lowest BCUT2D eigenvalue weighted by molar-refractivity contribution is 0.212. The van der Waals surface area contributed by atoms with E-state index in [1.54, 1.807) is 18.5 Å². The van der Waals surface area contributed by atoms with Gasteiger partial charge in [-0.05, 0) is 48.8 Å². The van der Waals surface area contributed by atoms with Crippen LogP contribution in [0.4, 0.5) is 0 Å². The second-order valence-corrected chi connectivity index (χ2v) is 7.78. The number of thiocarbonyl (C=S) groups is 1. The molecule has 8 heteroatoms. The number of aromatic nitrogens is 1. The first-order chi connectivity index (χ1) is 11.7. The van der Waals surface area contributed by atoms with Gasteiger partial charge < -0.3 is 14.9 Å². The zero-order valence-corrected chi connectivity index (χ0v) is 17.5. The summed E-state index contributed by atoms with van der Waals surface area (Å²) >= 11 is 15.1. The van der Waals surface area contributed by atoms with Crippen LogP contribution in [0.2, 0.25) is 5.02 Å². The van der Waals surface area contributed by atoms with Gasteiger partial charge in [-0.15, -0.1) is 0 Å². The van der Waals surface area contributed by atoms with E-state index in [1.165, 1.54) is 7.11 Å². The van der Waals surface area contributed by atoms with E-state index in [1.807, 2.05) is 32.9 Å². The van der Waals surface area contributed by atoms with E-state index in [9.17, 15) is 0 Å². The van der Waals surface area contributed by atoms with Crippen molar-refractivity contribution in [2.75, 3.05) is 7.11 Å². The molecular formula is C17H19BrClN3O2S. The number of rotatable bonds is 6. The van der Waals surface area contributed by atoms with Crippen molar-refractivity contribution in [2.24, 2.45) is 5.16 Å². The largest absolute Gasteiger partial charge is 0.484 e. The molecule has 2 rings (SSSR count). The van der Waals surface area contributed by atoms with Crippen LogP contribution in [0.1, 0.15) is 20.8 Å². The predicted molar refractivity (Wildman–Crippen MR) is 110 cm³/mol. The molecule has 5 nitrogen and oxygen atoms in total. The van der Waals surface area contributed by atoms with Crippen LogP contribution in [0, 0.1) is 0 Å². The Balaban J connectivity index is 2.14. The monoisotopic (exact) mass is 443 g/mol. The molecule has 1 aromatic heterocycles. The Kier molecular flexibility index (Phi) is 6.59. The fourth-order valence-electron chi connectivity index (χ4n) is 2.11. The number of oxime groups is 1. The first kappa shape index (κ1) is 19.9. The van der Waals surface area contributed by atoms with Crippen molar-refractivity contribution in [2.45, 2.75) is 32.4 Å². The Labute approximate surface area is 165 Å². The number of hydrogen-bond acceptors (Lipinski definition) is 5. The summed E-state index contributed by atoms with van der Waals surface area (Å²) in [5, 5.41) is 8.38. The highest BCUT2D eigenvalue weighted by atomic mass is 79.9. The van der Waals surface area contributed by atoms with Crippen molar-refractivity contribution in [3.8, 4) is 5.75 Å². The van der Waals surface area contributed by atoms with Gasteiger partial charge in [0.15, 0.2) is 0 Å². The normalized spacial score (nSPS) is 13.0. The van der Waals surface area contributed by atoms with Crippen LogP contribution >= 0.6 is 39.7 Å². The SMILES string of the molecule is CON=CC(C)(C)NC(=S)C(C)Oc1cc(Cl)c2ncc(Br)cc2c1. The minimum absolute atomic E-state index is 0.348. The van der Waals surface area contributed by atoms with E-state index >= 15 is 0 Å². The summed E-state index contributed by atoms with van der Waals surface area (Å²) in [6.07, 6.45) is 3.00. The van der Waals surface area contributed by atoms with Crippen molar-refractivity contribution >= 4 is 61.9 Å². The topological polar surface area (TPSA) is 55.7 Å². The van der Waals surface area contributed by atoms with E-state index in [4.69, 9.17) is 33.4 Å². The summed E-state index contributed by atoms with van der Waals surface area (Å²) in [6, 6.07) is 5.56. The van der Waals surface area contributed by atoms with Gasteiger partial charge in [0.05, 0.1) is 22.3 Å². The summed E-state index contributed by atoms with van der Waals surface area (Å²) in [7, 11) is 1.49. The molecule has 0 amide bonds. The summed E-state index contributed by atoms with van der Waals surface area (Å²) in [5.74, 6) is 0.623. The van der Waals surface area contributed by atoms with Gasteiger partial charge in [-0.3, -0.25) is 4.98 Å². The lowest BCUT2D eigenvalue weighted by atomic mass is 10.1. The number of hydrogen-bond donors (Lipinski definition) is 1. The van der Waals surface area contributed by atoms with Crippen molar-refractivity contribution in [3.05, 3.63) is 33.9 Å². The van der Waals surface area contributed by atoms with E-state index in [0.29, 0.717) is 15.8 Å². The highest BCUT2D eigenvalue weighted by molar-refractivity contribution is 9.10. The first-order valence-electron chi connectivity index (χ1n) is 7.53. The molecule has 2 aromatic rings. The van der Waals surface area contributed by atoms with Crippen molar-refractivity contribution in [1.29, 1.82) is 0 Å². The van der Waals surface area contributed by atoms with Crippen molar-refractivity contribution in [1.82, 2.24) is 10.3 Å². The van der Waals surface area contributed by atoms with Crippen LogP contribution in [-0.4, -0.2) is 34.9 Å². The molecule has 0 aliphatic heterocycles. The third-order valence-corrected chi connectivity index (χ3v) is 4.44. The summed E-state index contributed by atoms with van der Waals surface area (Å²) in [5.41, 5.74) is 0.267. The molecule has 1 heterocycles. The highest BCUT2D eigenvalue weighted by Crippen LogP contribution is 2.30. The van der Waals surface area contributed by atoms with E-state index < -0.39 is 5.54 Å². The molecule has 1 N–H and O–H groups in total. The Bertz CT molecular complexity index is 814. The number of fused-ring (bicyclic) bond motifs is 1. The molecule has 1 atom stereocenters. The molecule has 0 spiro atoms. The molecule has 134 valence electrons. The third kappa shape index (κ3) is 5.52. The first-order valence-corrected chi connectivity index (χ1v) is 9.11. The molecule has 0 radical (unpaired) electrons. The van der Waals surface area contributed by atoms with E-state index in [0.717, 1.165) is 15.4 Å². The van der Waals surface area contributed by atoms with Gasteiger partial charge in [0.1, 0.15) is 24.0 Å². The van der Waals surface area contributed by atoms with Crippen molar-refractivity contribution < 1.29 is 9.57 Å². The molecule has 0 saturated carbocycles. The number of pyridine rings is 1. The molecule has 25 heavy (non-hydrogen) atoms. The Hall–Kier alpha value is -1.44. The van der Waals surface area contributed by atoms with Gasteiger partial charge in [0.25, 0.3) is 0 Å². The maximum atomic E-state index is 6.30. The number of halogens is 2. The molecule has 0 fully saturated rings. The summed E-state index contributed by atoms with van der Waals surface area (Å²) in [4.78, 5) is 9.58. The van der Waals surface area contributed by atoms with Crippen LogP contribution in [0.5, 0.6) is 5.75 Å². The molecule has 1 aromatic carbocycles. The fraction of sp³-hybridized carbons (Fsp3) is 0.353. The van der Waals surface area contributed by atoms with Gasteiger partial charge in [-0.25, -0.2) is 0 Å². The van der Waals surface area contributed by atoms with E-state index in [-0.39, 0.29) is 6.10 Å². The van der Waals surface area contributed by atoms with Gasteiger partial charge in [-0.1, -0.05) is 29.0 Å². The van der Waals surface area contributed by atoms with Crippen LogP contribution in [0.3, 0.4) is 0 Å². The minimum atomic E-state index is -0.458. The van der Waals surface area contributed by atoms with Gasteiger partial charge in [-0.2, -0.15) is 0 Å². The second kappa shape index (κ2) is 8.29. The quantitative estimate of drug-likeness (QED) is 0.396. The molecular weight excluding hydrogens is 426 g/mol. The number of nitrogens with zero attached hydrogens (tertiary/aromatic N) is 2. The second-order valence-electron chi connectivity index (χ2n) is 6.02. The lowest BCUT2D eigenvalue weighted by Crippen LogP contribution is -2.48. The Morgan fingerprint density at radius 2 is 2.16 bits per heavy atom. The zero-order valence-electron chi connectivity index (χ0n) is 14.3. The van der Waals surface area contributed by atoms with Gasteiger partial charge >= 0.3 is 0 Å². The molecule has 0 aliphatic carbocycles. The lowest BCUT2D eigenvalue weighted by Gasteiger charge is -2.26. The highest BCUT2D eigenvalue weighted by Gasteiger charge is 2.21. The summed E-state index contributed by atoms with van der Waals surface area (Å²) in [6.45, 7) is 5.74. The van der Waals surface area contributed by atoms with Crippen LogP contribution in [0.25, 0.3) is 10.9 Å². The molecule has 0 saturated heterocycles. The maximum absolute atomic E-state index is 6.30. The molecule has 1 unspecified atom stereocenters. The fourth-order valence-corrected chi connectivity index (χ4v) is 3.04. The van der Waals surface area contributed by atoms with Gasteiger partial charge in [0, 0.05) is 22.1 Å². The summed E-state index contributed by atoms with van der Waals surface area (Å²) < 4.78 is 6.82.